The highest BCUT2D eigenvalue weighted by atomic mass is 16.4. The van der Waals surface area contributed by atoms with Crippen LogP contribution in [0.5, 0.6) is 0 Å². The van der Waals surface area contributed by atoms with Gasteiger partial charge in [0, 0.05) is 17.5 Å². The Morgan fingerprint density at radius 3 is 2.00 bits per heavy atom. The van der Waals surface area contributed by atoms with Crippen molar-refractivity contribution in [2.45, 2.75) is 95.7 Å². The standard InChI is InChI=1S/C21H33NO3/c1-20(2,3)22(19(23)24)18-14-8-13-17(18)21(25,15-9-4-5-10-15)16-11-6-7-12-16/h9,11,17-18,25H,4-8,10,12-14H2,1-3H3,(H,23,24). The van der Waals surface area contributed by atoms with E-state index in [1.807, 2.05) is 20.8 Å². The first kappa shape index (κ1) is 18.5. The Morgan fingerprint density at radius 2 is 1.60 bits per heavy atom. The third-order valence-corrected chi connectivity index (χ3v) is 6.34. The highest BCUT2D eigenvalue weighted by Crippen LogP contribution is 2.50. The Morgan fingerprint density at radius 1 is 1.04 bits per heavy atom. The molecule has 1 fully saturated rings. The van der Waals surface area contributed by atoms with Gasteiger partial charge >= 0.3 is 6.09 Å². The summed E-state index contributed by atoms with van der Waals surface area (Å²) in [5.41, 5.74) is 0.898. The summed E-state index contributed by atoms with van der Waals surface area (Å²) in [6.45, 7) is 5.87. The van der Waals surface area contributed by atoms with E-state index in [2.05, 4.69) is 12.2 Å². The Labute approximate surface area is 151 Å². The van der Waals surface area contributed by atoms with E-state index in [0.29, 0.717) is 0 Å². The first-order chi connectivity index (χ1) is 11.8. The van der Waals surface area contributed by atoms with Gasteiger partial charge in [0.2, 0.25) is 0 Å². The molecule has 2 N–H and O–H groups in total. The summed E-state index contributed by atoms with van der Waals surface area (Å²) in [7, 11) is 0. The molecule has 0 heterocycles. The van der Waals surface area contributed by atoms with Crippen LogP contribution in [0.1, 0.15) is 78.6 Å². The van der Waals surface area contributed by atoms with Crippen molar-refractivity contribution < 1.29 is 15.0 Å². The van der Waals surface area contributed by atoms with Gasteiger partial charge < -0.3 is 15.1 Å². The Hall–Kier alpha value is -1.29. The molecule has 2 atom stereocenters. The molecule has 3 aliphatic carbocycles. The maximum atomic E-state index is 12.1. The molecule has 0 aliphatic heterocycles. The SMILES string of the molecule is CC(C)(C)N(C(=O)O)C1CCCC1C(O)(C1=CCCC1)C1=CCCC1. The monoisotopic (exact) mass is 347 g/mol. The van der Waals surface area contributed by atoms with Crippen LogP contribution in [-0.2, 0) is 0 Å². The third kappa shape index (κ3) is 3.25. The second-order valence-corrected chi connectivity index (χ2v) is 8.94. The summed E-state index contributed by atoms with van der Waals surface area (Å²) in [6, 6.07) is -0.120. The maximum Gasteiger partial charge on any atom is 0.407 e. The van der Waals surface area contributed by atoms with Crippen LogP contribution in [0.25, 0.3) is 0 Å². The summed E-state index contributed by atoms with van der Waals surface area (Å²) in [6.07, 6.45) is 12.5. The van der Waals surface area contributed by atoms with Crippen molar-refractivity contribution in [1.29, 1.82) is 0 Å². The smallest absolute Gasteiger partial charge is 0.407 e. The molecule has 0 spiro atoms. The van der Waals surface area contributed by atoms with Crippen LogP contribution in [-0.4, -0.2) is 38.4 Å². The maximum absolute atomic E-state index is 12.1. The highest BCUT2D eigenvalue weighted by Gasteiger charge is 2.52. The van der Waals surface area contributed by atoms with Crippen molar-refractivity contribution in [3.63, 3.8) is 0 Å². The van der Waals surface area contributed by atoms with Crippen LogP contribution >= 0.6 is 0 Å². The second-order valence-electron chi connectivity index (χ2n) is 8.94. The molecule has 0 bridgehead atoms. The summed E-state index contributed by atoms with van der Waals surface area (Å²) in [5.74, 6) is -0.0310. The van der Waals surface area contributed by atoms with Gasteiger partial charge in [-0.1, -0.05) is 18.6 Å². The normalized spacial score (nSPS) is 27.4. The molecular formula is C21H33NO3. The summed E-state index contributed by atoms with van der Waals surface area (Å²) < 4.78 is 0. The molecule has 0 radical (unpaired) electrons. The van der Waals surface area contributed by atoms with Crippen molar-refractivity contribution in [2.75, 3.05) is 0 Å². The molecular weight excluding hydrogens is 314 g/mol. The van der Waals surface area contributed by atoms with Crippen LogP contribution in [0.3, 0.4) is 0 Å². The van der Waals surface area contributed by atoms with E-state index in [4.69, 9.17) is 0 Å². The lowest BCUT2D eigenvalue weighted by Gasteiger charge is -2.46. The number of hydrogen-bond donors (Lipinski definition) is 2. The molecule has 4 heteroatoms. The van der Waals surface area contributed by atoms with Gasteiger partial charge in [-0.05, 0) is 83.3 Å². The average molecular weight is 347 g/mol. The molecule has 0 aromatic heterocycles. The molecule has 1 saturated carbocycles. The van der Waals surface area contributed by atoms with Crippen molar-refractivity contribution in [3.05, 3.63) is 23.3 Å². The van der Waals surface area contributed by atoms with E-state index in [9.17, 15) is 15.0 Å². The van der Waals surface area contributed by atoms with Gasteiger partial charge in [0.15, 0.2) is 0 Å². The van der Waals surface area contributed by atoms with E-state index in [1.54, 1.807) is 4.90 Å². The quantitative estimate of drug-likeness (QED) is 0.712. The molecule has 2 unspecified atom stereocenters. The predicted octanol–water partition coefficient (Wildman–Crippen LogP) is 4.89. The summed E-state index contributed by atoms with van der Waals surface area (Å²) in [4.78, 5) is 13.7. The molecule has 0 saturated heterocycles. The molecule has 3 aliphatic rings. The number of carbonyl (C=O) groups is 1. The number of carboxylic acid groups (broad SMARTS) is 1. The highest BCUT2D eigenvalue weighted by molar-refractivity contribution is 5.66. The largest absolute Gasteiger partial charge is 0.465 e. The number of amides is 1. The number of allylic oxidation sites excluding steroid dienone is 2. The Kier molecular flexibility index (Phi) is 5.02. The van der Waals surface area contributed by atoms with Crippen LogP contribution in [0, 0.1) is 5.92 Å². The third-order valence-electron chi connectivity index (χ3n) is 6.34. The lowest BCUT2D eigenvalue weighted by atomic mass is 9.71. The minimum atomic E-state index is -0.937. The van der Waals surface area contributed by atoms with E-state index in [0.717, 1.165) is 68.9 Å². The second kappa shape index (κ2) is 6.79. The zero-order valence-corrected chi connectivity index (χ0v) is 15.9. The van der Waals surface area contributed by atoms with Gasteiger partial charge in [0.25, 0.3) is 0 Å². The fraction of sp³-hybridized carbons (Fsp3) is 0.762. The van der Waals surface area contributed by atoms with E-state index in [1.165, 1.54) is 0 Å². The number of nitrogens with zero attached hydrogens (tertiary/aromatic N) is 1. The van der Waals surface area contributed by atoms with Gasteiger partial charge in [-0.25, -0.2) is 4.79 Å². The van der Waals surface area contributed by atoms with Crippen LogP contribution in [0.2, 0.25) is 0 Å². The van der Waals surface area contributed by atoms with Gasteiger partial charge in [-0.15, -0.1) is 0 Å². The zero-order chi connectivity index (χ0) is 18.2. The molecule has 0 aromatic rings. The van der Waals surface area contributed by atoms with E-state index in [-0.39, 0.29) is 12.0 Å². The zero-order valence-electron chi connectivity index (χ0n) is 15.9. The van der Waals surface area contributed by atoms with Crippen molar-refractivity contribution >= 4 is 6.09 Å². The minimum absolute atomic E-state index is 0.0310. The number of hydrogen-bond acceptors (Lipinski definition) is 2. The molecule has 4 nitrogen and oxygen atoms in total. The topological polar surface area (TPSA) is 60.8 Å². The lowest BCUT2D eigenvalue weighted by molar-refractivity contribution is -0.0111. The Balaban J connectivity index is 2.01. The number of rotatable bonds is 4. The molecule has 25 heavy (non-hydrogen) atoms. The first-order valence-corrected chi connectivity index (χ1v) is 9.90. The van der Waals surface area contributed by atoms with Gasteiger partial charge in [-0.3, -0.25) is 0 Å². The minimum Gasteiger partial charge on any atom is -0.465 e. The molecule has 1 amide bonds. The molecule has 0 aromatic carbocycles. The lowest BCUT2D eigenvalue weighted by Crippen LogP contribution is -2.57. The molecule has 140 valence electrons. The van der Waals surface area contributed by atoms with Gasteiger partial charge in [0.05, 0.1) is 0 Å². The Bertz CT molecular complexity index is 560. The fourth-order valence-electron chi connectivity index (χ4n) is 5.38. The number of aliphatic hydroxyl groups is 1. The van der Waals surface area contributed by atoms with E-state index >= 15 is 0 Å². The summed E-state index contributed by atoms with van der Waals surface area (Å²) >= 11 is 0. The fourth-order valence-corrected chi connectivity index (χ4v) is 5.38. The van der Waals surface area contributed by atoms with Crippen molar-refractivity contribution in [1.82, 2.24) is 4.90 Å². The molecule has 3 rings (SSSR count). The van der Waals surface area contributed by atoms with E-state index < -0.39 is 17.2 Å². The average Bonchev–Trinajstić information content (AvgIpc) is 3.27. The van der Waals surface area contributed by atoms with Crippen LogP contribution < -0.4 is 0 Å². The first-order valence-electron chi connectivity index (χ1n) is 9.90. The van der Waals surface area contributed by atoms with Crippen molar-refractivity contribution in [3.8, 4) is 0 Å². The van der Waals surface area contributed by atoms with Gasteiger partial charge in [-0.2, -0.15) is 0 Å². The van der Waals surface area contributed by atoms with Crippen LogP contribution in [0.4, 0.5) is 4.79 Å². The van der Waals surface area contributed by atoms with Gasteiger partial charge in [0.1, 0.15) is 5.60 Å². The van der Waals surface area contributed by atoms with Crippen molar-refractivity contribution in [2.24, 2.45) is 5.92 Å². The summed E-state index contributed by atoms with van der Waals surface area (Å²) in [5, 5.41) is 21.9. The van der Waals surface area contributed by atoms with Crippen LogP contribution in [0.15, 0.2) is 23.3 Å². The predicted molar refractivity (Wildman–Crippen MR) is 99.6 cm³/mol.